The molecule has 1 aromatic heterocycles. The molecule has 2 rings (SSSR count). The lowest BCUT2D eigenvalue weighted by Crippen LogP contribution is -2.34. The third kappa shape index (κ3) is 1.65. The average molecular weight is 192 g/mol. The normalized spacial score (nSPS) is 30.5. The highest BCUT2D eigenvalue weighted by Crippen LogP contribution is 2.32. The minimum Gasteiger partial charge on any atom is -0.349 e. The number of ether oxygens (including phenoxy) is 1. The van der Waals surface area contributed by atoms with E-state index >= 15 is 0 Å². The summed E-state index contributed by atoms with van der Waals surface area (Å²) in [6.45, 7) is 7.07. The van der Waals surface area contributed by atoms with E-state index in [0.29, 0.717) is 0 Å². The van der Waals surface area contributed by atoms with Gasteiger partial charge < -0.3 is 4.74 Å². The van der Waals surface area contributed by atoms with Crippen LogP contribution in [-0.4, -0.2) is 17.1 Å². The number of pyridine rings is 1. The molecule has 14 heavy (non-hydrogen) atoms. The maximum Gasteiger partial charge on any atom is 0.144 e. The van der Waals surface area contributed by atoms with Gasteiger partial charge in [-0.05, 0) is 26.8 Å². The van der Waals surface area contributed by atoms with Crippen molar-refractivity contribution in [2.45, 2.75) is 32.1 Å². The van der Waals surface area contributed by atoms with E-state index in [-0.39, 0.29) is 5.60 Å². The van der Waals surface area contributed by atoms with Gasteiger partial charge in [0, 0.05) is 24.5 Å². The first-order valence-corrected chi connectivity index (χ1v) is 4.88. The molecule has 1 N–H and O–H groups in total. The van der Waals surface area contributed by atoms with Crippen LogP contribution in [0.5, 0.6) is 0 Å². The Morgan fingerprint density at radius 2 is 2.21 bits per heavy atom. The van der Waals surface area contributed by atoms with Gasteiger partial charge >= 0.3 is 0 Å². The summed E-state index contributed by atoms with van der Waals surface area (Å²) in [6, 6.07) is 3.96. The molecular formula is C11H16N2O. The minimum atomic E-state index is -0.391. The fourth-order valence-electron chi connectivity index (χ4n) is 1.81. The van der Waals surface area contributed by atoms with Gasteiger partial charge in [-0.25, -0.2) is 0 Å². The van der Waals surface area contributed by atoms with Crippen LogP contribution in [0, 0.1) is 0 Å². The third-order valence-electron chi connectivity index (χ3n) is 2.54. The Labute approximate surface area is 84.5 Å². The second-order valence-corrected chi connectivity index (χ2v) is 4.49. The summed E-state index contributed by atoms with van der Waals surface area (Å²) in [5.74, 6) is 0. The second-order valence-electron chi connectivity index (χ2n) is 4.49. The molecule has 1 fully saturated rings. The van der Waals surface area contributed by atoms with E-state index in [1.165, 1.54) is 0 Å². The predicted molar refractivity (Wildman–Crippen MR) is 54.8 cm³/mol. The Balaban J connectivity index is 2.27. The van der Waals surface area contributed by atoms with Crippen molar-refractivity contribution in [3.8, 4) is 0 Å². The SMILES string of the molecule is CC1(C)CNC(C)(c2cccnc2)O1. The highest BCUT2D eigenvalue weighted by Gasteiger charge is 2.41. The molecule has 0 aliphatic carbocycles. The molecule has 1 aliphatic rings. The van der Waals surface area contributed by atoms with E-state index in [1.807, 2.05) is 25.3 Å². The van der Waals surface area contributed by atoms with Crippen LogP contribution in [0.3, 0.4) is 0 Å². The first-order valence-electron chi connectivity index (χ1n) is 4.88. The summed E-state index contributed by atoms with van der Waals surface area (Å²) in [7, 11) is 0. The van der Waals surface area contributed by atoms with Crippen LogP contribution in [0.2, 0.25) is 0 Å². The Hall–Kier alpha value is -0.930. The van der Waals surface area contributed by atoms with Crippen molar-refractivity contribution in [3.63, 3.8) is 0 Å². The lowest BCUT2D eigenvalue weighted by atomic mass is 10.1. The van der Waals surface area contributed by atoms with Crippen molar-refractivity contribution in [1.82, 2.24) is 10.3 Å². The molecule has 1 saturated heterocycles. The first-order chi connectivity index (χ1) is 6.52. The van der Waals surface area contributed by atoms with E-state index in [0.717, 1.165) is 12.1 Å². The van der Waals surface area contributed by atoms with Crippen LogP contribution in [-0.2, 0) is 10.5 Å². The maximum absolute atomic E-state index is 5.97. The Bertz CT molecular complexity index is 323. The standard InChI is InChI=1S/C11H16N2O/c1-10(2)8-13-11(3,14-10)9-5-4-6-12-7-9/h4-7,13H,8H2,1-3H3. The zero-order chi connectivity index (χ0) is 10.2. The molecule has 0 bridgehead atoms. The molecule has 0 spiro atoms. The summed E-state index contributed by atoms with van der Waals surface area (Å²) in [5, 5.41) is 3.38. The number of rotatable bonds is 1. The predicted octanol–water partition coefficient (Wildman–Crippen LogP) is 1.65. The average Bonchev–Trinajstić information content (AvgIpc) is 2.44. The van der Waals surface area contributed by atoms with Gasteiger partial charge in [0.1, 0.15) is 5.72 Å². The zero-order valence-electron chi connectivity index (χ0n) is 8.87. The Morgan fingerprint density at radius 3 is 2.71 bits per heavy atom. The van der Waals surface area contributed by atoms with Crippen LogP contribution < -0.4 is 5.32 Å². The lowest BCUT2D eigenvalue weighted by Gasteiger charge is -2.27. The molecule has 1 atom stereocenters. The van der Waals surface area contributed by atoms with E-state index in [1.54, 1.807) is 6.20 Å². The molecule has 1 unspecified atom stereocenters. The number of hydrogen-bond acceptors (Lipinski definition) is 3. The van der Waals surface area contributed by atoms with Crippen molar-refractivity contribution in [1.29, 1.82) is 0 Å². The van der Waals surface area contributed by atoms with Crippen molar-refractivity contribution in [3.05, 3.63) is 30.1 Å². The van der Waals surface area contributed by atoms with Gasteiger partial charge in [0.2, 0.25) is 0 Å². The van der Waals surface area contributed by atoms with Gasteiger partial charge in [-0.2, -0.15) is 0 Å². The summed E-state index contributed by atoms with van der Waals surface area (Å²) in [6.07, 6.45) is 3.61. The smallest absolute Gasteiger partial charge is 0.144 e. The second kappa shape index (κ2) is 3.04. The van der Waals surface area contributed by atoms with Gasteiger partial charge in [-0.15, -0.1) is 0 Å². The number of aromatic nitrogens is 1. The summed E-state index contributed by atoms with van der Waals surface area (Å²) < 4.78 is 5.97. The van der Waals surface area contributed by atoms with Gasteiger partial charge in [0.05, 0.1) is 5.60 Å². The summed E-state index contributed by atoms with van der Waals surface area (Å²) in [4.78, 5) is 4.10. The minimum absolute atomic E-state index is 0.107. The van der Waals surface area contributed by atoms with Gasteiger partial charge in [0.15, 0.2) is 0 Å². The van der Waals surface area contributed by atoms with Crippen molar-refractivity contribution >= 4 is 0 Å². The number of nitrogens with zero attached hydrogens (tertiary/aromatic N) is 1. The molecule has 3 nitrogen and oxygen atoms in total. The number of hydrogen-bond donors (Lipinski definition) is 1. The highest BCUT2D eigenvalue weighted by atomic mass is 16.5. The monoisotopic (exact) mass is 192 g/mol. The topological polar surface area (TPSA) is 34.2 Å². The maximum atomic E-state index is 5.97. The first kappa shape index (κ1) is 9.62. The fourth-order valence-corrected chi connectivity index (χ4v) is 1.81. The van der Waals surface area contributed by atoms with Gasteiger partial charge in [-0.1, -0.05) is 6.07 Å². The summed E-state index contributed by atoms with van der Waals surface area (Å²) >= 11 is 0. The quantitative estimate of drug-likeness (QED) is 0.734. The van der Waals surface area contributed by atoms with Crippen LogP contribution in [0.1, 0.15) is 26.3 Å². The van der Waals surface area contributed by atoms with Crippen molar-refractivity contribution in [2.75, 3.05) is 6.54 Å². The molecule has 2 heterocycles. The lowest BCUT2D eigenvalue weighted by molar-refractivity contribution is -0.0840. The van der Waals surface area contributed by atoms with Crippen LogP contribution >= 0.6 is 0 Å². The van der Waals surface area contributed by atoms with E-state index in [9.17, 15) is 0 Å². The zero-order valence-corrected chi connectivity index (χ0v) is 8.87. The molecule has 0 amide bonds. The van der Waals surface area contributed by atoms with Crippen LogP contribution in [0.15, 0.2) is 24.5 Å². The molecular weight excluding hydrogens is 176 g/mol. The molecule has 1 aromatic rings. The molecule has 3 heteroatoms. The third-order valence-corrected chi connectivity index (χ3v) is 2.54. The largest absolute Gasteiger partial charge is 0.349 e. The van der Waals surface area contributed by atoms with Gasteiger partial charge in [0.25, 0.3) is 0 Å². The summed E-state index contributed by atoms with van der Waals surface area (Å²) in [5.41, 5.74) is 0.577. The Morgan fingerprint density at radius 1 is 1.43 bits per heavy atom. The Kier molecular flexibility index (Phi) is 2.09. The fraction of sp³-hybridized carbons (Fsp3) is 0.545. The molecule has 0 aromatic carbocycles. The van der Waals surface area contributed by atoms with Crippen molar-refractivity contribution in [2.24, 2.45) is 0 Å². The molecule has 76 valence electrons. The highest BCUT2D eigenvalue weighted by molar-refractivity contribution is 5.18. The van der Waals surface area contributed by atoms with Crippen LogP contribution in [0.25, 0.3) is 0 Å². The van der Waals surface area contributed by atoms with E-state index in [2.05, 4.69) is 24.1 Å². The number of nitrogens with one attached hydrogen (secondary N) is 1. The molecule has 0 radical (unpaired) electrons. The van der Waals surface area contributed by atoms with Gasteiger partial charge in [-0.3, -0.25) is 10.3 Å². The van der Waals surface area contributed by atoms with Crippen LogP contribution in [0.4, 0.5) is 0 Å². The van der Waals surface area contributed by atoms with E-state index < -0.39 is 5.72 Å². The molecule has 0 saturated carbocycles. The van der Waals surface area contributed by atoms with Crippen molar-refractivity contribution < 1.29 is 4.74 Å². The molecule has 1 aliphatic heterocycles. The van der Waals surface area contributed by atoms with E-state index in [4.69, 9.17) is 4.74 Å².